The number of allylic oxidation sites excluding steroid dienone is 10. The largest absolute Gasteiger partial charge is 0.0991 e. The van der Waals surface area contributed by atoms with Gasteiger partial charge in [0.25, 0.3) is 0 Å². The lowest BCUT2D eigenvalue weighted by atomic mass is 9.80. The fraction of sp³-hybridized carbons (Fsp3) is 0.149. The standard InChI is InChI=1S/C47H48/c1-10-17-19-24-41(33(8)12-3)36-29-31-37(32-30-36)46-39(15-6)40(16-7)47(45-26-21-20-25-44(45)46)43-28-22-27-42(38(43)14-5)34(9)35(13-4)23-18-11-2/h10-11,14-33H,1,5-7,9,12-13H2,2-4,8H3/b18-11-,19-17-,35-23+,41-24+/t33-/m1/s1. The third-order valence-electron chi connectivity index (χ3n) is 9.04. The van der Waals surface area contributed by atoms with Crippen LogP contribution in [-0.4, -0.2) is 0 Å². The number of rotatable bonds is 14. The molecule has 0 heterocycles. The molecular weight excluding hydrogens is 565 g/mol. The van der Waals surface area contributed by atoms with E-state index in [4.69, 9.17) is 0 Å². The summed E-state index contributed by atoms with van der Waals surface area (Å²) in [6.45, 7) is 30.0. The van der Waals surface area contributed by atoms with Gasteiger partial charge >= 0.3 is 0 Å². The average molecular weight is 613 g/mol. The molecule has 0 bridgehead atoms. The van der Waals surface area contributed by atoms with Gasteiger partial charge in [0.1, 0.15) is 0 Å². The van der Waals surface area contributed by atoms with Gasteiger partial charge in [-0.25, -0.2) is 0 Å². The van der Waals surface area contributed by atoms with Gasteiger partial charge in [0, 0.05) is 0 Å². The summed E-state index contributed by atoms with van der Waals surface area (Å²) in [4.78, 5) is 0. The van der Waals surface area contributed by atoms with Gasteiger partial charge in [-0.15, -0.1) is 0 Å². The summed E-state index contributed by atoms with van der Waals surface area (Å²) in [5.74, 6) is 0.435. The molecule has 4 aromatic carbocycles. The second kappa shape index (κ2) is 16.4. The Balaban J connectivity index is 2.01. The summed E-state index contributed by atoms with van der Waals surface area (Å²) in [5, 5.41) is 2.33. The second-order valence-corrected chi connectivity index (χ2v) is 11.7. The Morgan fingerprint density at radius 2 is 1.34 bits per heavy atom. The molecule has 0 aliphatic rings. The van der Waals surface area contributed by atoms with E-state index in [1.54, 1.807) is 0 Å². The van der Waals surface area contributed by atoms with Gasteiger partial charge in [0.2, 0.25) is 0 Å². The second-order valence-electron chi connectivity index (χ2n) is 11.7. The fourth-order valence-corrected chi connectivity index (χ4v) is 6.42. The number of hydrogen-bond acceptors (Lipinski definition) is 0. The highest BCUT2D eigenvalue weighted by atomic mass is 14.2. The molecule has 47 heavy (non-hydrogen) atoms. The lowest BCUT2D eigenvalue weighted by Crippen LogP contribution is -2.00. The third kappa shape index (κ3) is 7.13. The zero-order chi connectivity index (χ0) is 33.9. The number of benzene rings is 4. The van der Waals surface area contributed by atoms with E-state index >= 15 is 0 Å². The Bertz CT molecular complexity index is 1930. The fourth-order valence-electron chi connectivity index (χ4n) is 6.42. The maximum absolute atomic E-state index is 4.54. The van der Waals surface area contributed by atoms with Crippen molar-refractivity contribution < 1.29 is 0 Å². The molecule has 0 fully saturated rings. The van der Waals surface area contributed by atoms with Crippen LogP contribution < -0.4 is 0 Å². The van der Waals surface area contributed by atoms with Gasteiger partial charge in [-0.05, 0) is 103 Å². The first-order valence-electron chi connectivity index (χ1n) is 16.6. The molecule has 4 aromatic rings. The molecule has 0 heteroatoms. The van der Waals surface area contributed by atoms with E-state index in [1.807, 2.05) is 43.4 Å². The minimum atomic E-state index is 0.435. The molecule has 0 saturated carbocycles. The Hall–Kier alpha value is -5.20. The minimum Gasteiger partial charge on any atom is -0.0991 e. The van der Waals surface area contributed by atoms with Crippen molar-refractivity contribution >= 4 is 40.1 Å². The van der Waals surface area contributed by atoms with E-state index in [1.165, 1.54) is 22.1 Å². The predicted molar refractivity (Wildman–Crippen MR) is 214 cm³/mol. The van der Waals surface area contributed by atoms with E-state index in [0.717, 1.165) is 68.3 Å². The Morgan fingerprint density at radius 3 is 1.91 bits per heavy atom. The highest BCUT2D eigenvalue weighted by molar-refractivity contribution is 6.12. The van der Waals surface area contributed by atoms with Crippen LogP contribution in [-0.2, 0) is 0 Å². The zero-order valence-electron chi connectivity index (χ0n) is 28.7. The van der Waals surface area contributed by atoms with Crippen LogP contribution in [0, 0.1) is 5.92 Å². The monoisotopic (exact) mass is 612 g/mol. The lowest BCUT2D eigenvalue weighted by Gasteiger charge is -2.23. The van der Waals surface area contributed by atoms with Crippen molar-refractivity contribution in [2.24, 2.45) is 5.92 Å². The lowest BCUT2D eigenvalue weighted by molar-refractivity contribution is 0.718. The van der Waals surface area contributed by atoms with Crippen molar-refractivity contribution in [2.75, 3.05) is 0 Å². The van der Waals surface area contributed by atoms with Crippen LogP contribution in [0.3, 0.4) is 0 Å². The first-order chi connectivity index (χ1) is 22.9. The molecule has 236 valence electrons. The van der Waals surface area contributed by atoms with Gasteiger partial charge in [-0.3, -0.25) is 0 Å². The first kappa shape index (κ1) is 34.7. The zero-order valence-corrected chi connectivity index (χ0v) is 28.7. The molecule has 0 amide bonds. The van der Waals surface area contributed by atoms with Crippen molar-refractivity contribution in [1.82, 2.24) is 0 Å². The van der Waals surface area contributed by atoms with Gasteiger partial charge < -0.3 is 0 Å². The van der Waals surface area contributed by atoms with Gasteiger partial charge in [-0.2, -0.15) is 0 Å². The molecule has 0 saturated heterocycles. The van der Waals surface area contributed by atoms with Crippen LogP contribution in [0.15, 0.2) is 148 Å². The summed E-state index contributed by atoms with van der Waals surface area (Å²) in [6, 6.07) is 24.1. The smallest absolute Gasteiger partial charge is 0.00204 e. The van der Waals surface area contributed by atoms with Crippen molar-refractivity contribution in [3.63, 3.8) is 0 Å². The van der Waals surface area contributed by atoms with E-state index in [0.29, 0.717) is 5.92 Å². The SMILES string of the molecule is C=C/C=C\C=C(\c1ccc(-c2c(C=C)c(C=C)c(-c3cccc(C(=C)/C(=C/C=C\C)CC)c3C=C)c3ccccc23)cc1)[C@H](C)CC. The summed E-state index contributed by atoms with van der Waals surface area (Å²) in [6.07, 6.45) is 22.2. The molecular formula is C47H48. The maximum Gasteiger partial charge on any atom is -0.00204 e. The maximum atomic E-state index is 4.54. The molecule has 0 nitrogen and oxygen atoms in total. The Kier molecular flexibility index (Phi) is 12.1. The highest BCUT2D eigenvalue weighted by Crippen LogP contribution is 2.45. The van der Waals surface area contributed by atoms with Crippen LogP contribution >= 0.6 is 0 Å². The van der Waals surface area contributed by atoms with Crippen molar-refractivity contribution in [3.05, 3.63) is 176 Å². The molecule has 4 rings (SSSR count). The predicted octanol–water partition coefficient (Wildman–Crippen LogP) is 14.2. The number of fused-ring (bicyclic) bond motifs is 1. The molecule has 0 aromatic heterocycles. The summed E-state index contributed by atoms with van der Waals surface area (Å²) >= 11 is 0. The van der Waals surface area contributed by atoms with Crippen LogP contribution in [0.25, 0.3) is 62.4 Å². The highest BCUT2D eigenvalue weighted by Gasteiger charge is 2.22. The number of hydrogen-bond donors (Lipinski definition) is 0. The summed E-state index contributed by atoms with van der Waals surface area (Å²) < 4.78 is 0. The molecule has 0 aliphatic heterocycles. The van der Waals surface area contributed by atoms with E-state index < -0.39 is 0 Å². The molecule has 0 radical (unpaired) electrons. The van der Waals surface area contributed by atoms with Crippen LogP contribution in [0.2, 0.25) is 0 Å². The van der Waals surface area contributed by atoms with E-state index in [9.17, 15) is 0 Å². The van der Waals surface area contributed by atoms with Gasteiger partial charge in [0.05, 0.1) is 0 Å². The Labute approximate surface area is 283 Å². The molecule has 0 aliphatic carbocycles. The third-order valence-corrected chi connectivity index (χ3v) is 9.04. The van der Waals surface area contributed by atoms with Crippen LogP contribution in [0.5, 0.6) is 0 Å². The summed E-state index contributed by atoms with van der Waals surface area (Å²) in [5.41, 5.74) is 13.6. The van der Waals surface area contributed by atoms with Crippen molar-refractivity contribution in [2.45, 2.75) is 40.5 Å². The van der Waals surface area contributed by atoms with Crippen LogP contribution in [0.4, 0.5) is 0 Å². The normalized spacial score (nSPS) is 12.9. The topological polar surface area (TPSA) is 0 Å². The van der Waals surface area contributed by atoms with Gasteiger partial charge in [-0.1, -0.05) is 181 Å². The van der Waals surface area contributed by atoms with E-state index in [2.05, 4.69) is 145 Å². The summed E-state index contributed by atoms with van der Waals surface area (Å²) in [7, 11) is 0. The van der Waals surface area contributed by atoms with Crippen molar-refractivity contribution in [3.8, 4) is 22.3 Å². The Morgan fingerprint density at radius 1 is 0.702 bits per heavy atom. The molecule has 0 N–H and O–H groups in total. The first-order valence-corrected chi connectivity index (χ1v) is 16.6. The van der Waals surface area contributed by atoms with Crippen LogP contribution in [0.1, 0.15) is 68.4 Å². The van der Waals surface area contributed by atoms with E-state index in [-0.39, 0.29) is 0 Å². The average Bonchev–Trinajstić information content (AvgIpc) is 3.12. The van der Waals surface area contributed by atoms with Gasteiger partial charge in [0.15, 0.2) is 0 Å². The minimum absolute atomic E-state index is 0.435. The quantitative estimate of drug-likeness (QED) is 0.124. The molecule has 0 spiro atoms. The molecule has 0 unspecified atom stereocenters. The van der Waals surface area contributed by atoms with Crippen molar-refractivity contribution in [1.29, 1.82) is 0 Å². The molecule has 1 atom stereocenters.